The number of aromatic nitrogens is 1. The summed E-state index contributed by atoms with van der Waals surface area (Å²) in [6.45, 7) is 7.77. The van der Waals surface area contributed by atoms with Crippen molar-refractivity contribution in [2.75, 3.05) is 6.54 Å². The van der Waals surface area contributed by atoms with Gasteiger partial charge in [0.2, 0.25) is 5.91 Å². The largest absolute Gasteiger partial charge is 0.364 e. The molecule has 5 nitrogen and oxygen atoms in total. The van der Waals surface area contributed by atoms with Crippen LogP contribution < -0.4 is 5.32 Å². The van der Waals surface area contributed by atoms with E-state index in [1.807, 2.05) is 25.3 Å². The molecule has 2 saturated heterocycles. The molecule has 2 aromatic rings. The van der Waals surface area contributed by atoms with Gasteiger partial charge in [-0.25, -0.2) is 0 Å². The summed E-state index contributed by atoms with van der Waals surface area (Å²) in [5.74, 6) is 0.707. The van der Waals surface area contributed by atoms with Gasteiger partial charge in [0.25, 0.3) is 0 Å². The number of hydrogen-bond acceptors (Lipinski definition) is 5. The maximum absolute atomic E-state index is 12.8. The van der Waals surface area contributed by atoms with Gasteiger partial charge in [0.15, 0.2) is 0 Å². The Morgan fingerprint density at radius 2 is 2.11 bits per heavy atom. The second-order valence-electron chi connectivity index (χ2n) is 8.65. The van der Waals surface area contributed by atoms with Gasteiger partial charge in [0.05, 0.1) is 5.41 Å². The predicted molar refractivity (Wildman–Crippen MR) is 107 cm³/mol. The van der Waals surface area contributed by atoms with Crippen LogP contribution in [0.25, 0.3) is 0 Å². The predicted octanol–water partition coefficient (Wildman–Crippen LogP) is 3.88. The van der Waals surface area contributed by atoms with E-state index in [1.54, 1.807) is 17.6 Å². The highest BCUT2D eigenvalue weighted by Gasteiger charge is 2.41. The molecule has 1 amide bonds. The number of nitrogens with zero attached hydrogens (tertiary/aromatic N) is 2. The molecule has 0 aliphatic carbocycles. The quantitative estimate of drug-likeness (QED) is 0.817. The molecule has 4 heterocycles. The van der Waals surface area contributed by atoms with Crippen LogP contribution in [0.5, 0.6) is 0 Å². The van der Waals surface area contributed by atoms with E-state index in [0.29, 0.717) is 18.0 Å². The Morgan fingerprint density at radius 3 is 2.70 bits per heavy atom. The van der Waals surface area contributed by atoms with Crippen LogP contribution in [0.15, 0.2) is 28.3 Å². The van der Waals surface area contributed by atoms with Crippen molar-refractivity contribution in [3.8, 4) is 0 Å². The first kappa shape index (κ1) is 18.7. The Hall–Kier alpha value is -1.66. The highest BCUT2D eigenvalue weighted by atomic mass is 32.1. The minimum Gasteiger partial charge on any atom is -0.364 e. The normalized spacial score (nSPS) is 25.7. The molecule has 4 rings (SSSR count). The van der Waals surface area contributed by atoms with Crippen molar-refractivity contribution in [1.29, 1.82) is 0 Å². The lowest BCUT2D eigenvalue weighted by Gasteiger charge is -2.39. The van der Waals surface area contributed by atoms with Crippen LogP contribution in [0, 0.1) is 12.8 Å². The summed E-state index contributed by atoms with van der Waals surface area (Å²) in [4.78, 5) is 16.5. The second kappa shape index (κ2) is 7.40. The zero-order chi connectivity index (χ0) is 19.0. The molecule has 3 atom stereocenters. The van der Waals surface area contributed by atoms with Crippen molar-refractivity contribution in [1.82, 2.24) is 15.4 Å². The topological polar surface area (TPSA) is 58.4 Å². The first-order valence-corrected chi connectivity index (χ1v) is 10.8. The van der Waals surface area contributed by atoms with E-state index in [9.17, 15) is 4.79 Å². The van der Waals surface area contributed by atoms with Gasteiger partial charge in [-0.1, -0.05) is 11.2 Å². The lowest BCUT2D eigenvalue weighted by Crippen LogP contribution is -2.47. The van der Waals surface area contributed by atoms with E-state index in [4.69, 9.17) is 4.52 Å². The fourth-order valence-corrected chi connectivity index (χ4v) is 5.50. The molecule has 6 heteroatoms. The van der Waals surface area contributed by atoms with E-state index >= 15 is 0 Å². The molecule has 0 radical (unpaired) electrons. The van der Waals surface area contributed by atoms with Crippen LogP contribution in [-0.2, 0) is 16.8 Å². The van der Waals surface area contributed by atoms with Crippen molar-refractivity contribution in [3.05, 3.63) is 39.9 Å². The summed E-state index contributed by atoms with van der Waals surface area (Å²) in [5.41, 5.74) is 1.74. The summed E-state index contributed by atoms with van der Waals surface area (Å²) in [6, 6.07) is 5.27. The minimum absolute atomic E-state index is 0.137. The fraction of sp³-hybridized carbons (Fsp3) is 0.619. The highest BCUT2D eigenvalue weighted by molar-refractivity contribution is 7.10. The zero-order valence-corrected chi connectivity index (χ0v) is 17.2. The average Bonchev–Trinajstić information content (AvgIpc) is 3.36. The summed E-state index contributed by atoms with van der Waals surface area (Å²) in [7, 11) is 0. The smallest absolute Gasteiger partial charge is 0.230 e. The number of piperidine rings is 1. The van der Waals surface area contributed by atoms with Crippen molar-refractivity contribution in [2.45, 2.75) is 70.5 Å². The van der Waals surface area contributed by atoms with Crippen LogP contribution in [-0.4, -0.2) is 34.6 Å². The average molecular weight is 388 g/mol. The first-order chi connectivity index (χ1) is 12.9. The molecule has 2 bridgehead atoms. The second-order valence-corrected chi connectivity index (χ2v) is 9.60. The standard InChI is InChI=1S/C21H29N3O2S/c1-14-13-26-23-18(14)12-24-16-6-7-17(24)10-15(9-16)11-22-20(25)21(2,3)19-5-4-8-27-19/h4-5,8,13,15-17H,6-7,9-12H2,1-3H3,(H,22,25)/t15?,16-,17+. The molecule has 0 spiro atoms. The van der Waals surface area contributed by atoms with Gasteiger partial charge < -0.3 is 9.84 Å². The Morgan fingerprint density at radius 1 is 1.37 bits per heavy atom. The van der Waals surface area contributed by atoms with E-state index in [-0.39, 0.29) is 5.91 Å². The maximum atomic E-state index is 12.8. The maximum Gasteiger partial charge on any atom is 0.230 e. The highest BCUT2D eigenvalue weighted by Crippen LogP contribution is 2.39. The number of aryl methyl sites for hydroxylation is 1. The molecule has 2 aliphatic rings. The van der Waals surface area contributed by atoms with E-state index in [0.717, 1.165) is 42.1 Å². The lowest BCUT2D eigenvalue weighted by atomic mass is 9.88. The SMILES string of the molecule is Cc1conc1CN1[C@@H]2CC[C@H]1CC(CNC(=O)C(C)(C)c1cccs1)C2. The van der Waals surface area contributed by atoms with E-state index < -0.39 is 5.41 Å². The Labute approximate surface area is 165 Å². The third-order valence-corrected chi connectivity index (χ3v) is 7.61. The zero-order valence-electron chi connectivity index (χ0n) is 16.4. The first-order valence-electron chi connectivity index (χ1n) is 9.93. The van der Waals surface area contributed by atoms with Gasteiger partial charge in [0, 0.05) is 35.6 Å². The molecule has 2 fully saturated rings. The Balaban J connectivity index is 1.32. The number of carbonyl (C=O) groups excluding carboxylic acids is 1. The van der Waals surface area contributed by atoms with Crippen LogP contribution in [0.1, 0.15) is 55.7 Å². The molecule has 2 aliphatic heterocycles. The molecule has 1 unspecified atom stereocenters. The fourth-order valence-electron chi connectivity index (χ4n) is 4.65. The lowest BCUT2D eigenvalue weighted by molar-refractivity contribution is -0.125. The molecule has 2 aromatic heterocycles. The van der Waals surface area contributed by atoms with Gasteiger partial charge >= 0.3 is 0 Å². The number of amides is 1. The van der Waals surface area contributed by atoms with Crippen LogP contribution in [0.3, 0.4) is 0 Å². The van der Waals surface area contributed by atoms with Crippen molar-refractivity contribution in [3.63, 3.8) is 0 Å². The van der Waals surface area contributed by atoms with E-state index in [2.05, 4.69) is 28.4 Å². The number of nitrogens with one attached hydrogen (secondary N) is 1. The van der Waals surface area contributed by atoms with Gasteiger partial charge in [-0.15, -0.1) is 11.3 Å². The summed E-state index contributed by atoms with van der Waals surface area (Å²) in [6.07, 6.45) is 6.56. The molecule has 27 heavy (non-hydrogen) atoms. The summed E-state index contributed by atoms with van der Waals surface area (Å²) in [5, 5.41) is 9.44. The molecule has 0 aromatic carbocycles. The van der Waals surface area contributed by atoms with Gasteiger partial charge in [-0.2, -0.15) is 0 Å². The van der Waals surface area contributed by atoms with Crippen molar-refractivity contribution in [2.24, 2.45) is 5.92 Å². The third-order valence-electron chi connectivity index (χ3n) is 6.42. The van der Waals surface area contributed by atoms with Crippen molar-refractivity contribution < 1.29 is 9.32 Å². The Bertz CT molecular complexity index is 769. The van der Waals surface area contributed by atoms with Gasteiger partial charge in [-0.05, 0) is 63.8 Å². The van der Waals surface area contributed by atoms with E-state index in [1.165, 1.54) is 12.8 Å². The van der Waals surface area contributed by atoms with Crippen LogP contribution in [0.2, 0.25) is 0 Å². The third kappa shape index (κ3) is 3.69. The Kier molecular flexibility index (Phi) is 5.12. The van der Waals surface area contributed by atoms with Crippen LogP contribution >= 0.6 is 11.3 Å². The summed E-state index contributed by atoms with van der Waals surface area (Å²) >= 11 is 1.65. The number of fused-ring (bicyclic) bond motifs is 2. The molecule has 0 saturated carbocycles. The molecule has 1 N–H and O–H groups in total. The number of hydrogen-bond donors (Lipinski definition) is 1. The van der Waals surface area contributed by atoms with Gasteiger partial charge in [-0.3, -0.25) is 9.69 Å². The van der Waals surface area contributed by atoms with Crippen LogP contribution in [0.4, 0.5) is 0 Å². The number of carbonyl (C=O) groups is 1. The monoisotopic (exact) mass is 387 g/mol. The number of rotatable bonds is 6. The van der Waals surface area contributed by atoms with Crippen molar-refractivity contribution >= 4 is 17.2 Å². The molecule has 146 valence electrons. The minimum atomic E-state index is -0.460. The molecular weight excluding hydrogens is 358 g/mol. The molecular formula is C21H29N3O2S. The summed E-state index contributed by atoms with van der Waals surface area (Å²) < 4.78 is 5.10. The van der Waals surface area contributed by atoms with Gasteiger partial charge in [0.1, 0.15) is 12.0 Å². The number of thiophene rings is 1.